The Bertz CT molecular complexity index is 456. The number of nitriles is 1. The Morgan fingerprint density at radius 1 is 1.29 bits per heavy atom. The van der Waals surface area contributed by atoms with Crippen molar-refractivity contribution < 1.29 is 8.78 Å². The number of benzene rings is 1. The van der Waals surface area contributed by atoms with Crippen LogP contribution in [0.3, 0.4) is 0 Å². The van der Waals surface area contributed by atoms with E-state index in [4.69, 9.17) is 5.26 Å². The summed E-state index contributed by atoms with van der Waals surface area (Å²) in [7, 11) is 0. The molecule has 2 nitrogen and oxygen atoms in total. The first-order valence-corrected chi connectivity index (χ1v) is 5.68. The van der Waals surface area contributed by atoms with Crippen LogP contribution in [0.4, 0.5) is 14.5 Å². The first kappa shape index (κ1) is 11.8. The smallest absolute Gasteiger partial charge is 0.150 e. The zero-order chi connectivity index (χ0) is 12.6. The zero-order valence-electron chi connectivity index (χ0n) is 9.87. The SMILES string of the molecule is CC1CC(C)N(c2c(F)cc(C#N)cc2F)C1. The maximum atomic E-state index is 13.8. The lowest BCUT2D eigenvalue weighted by atomic mass is 10.1. The third-order valence-electron chi connectivity index (χ3n) is 3.22. The van der Waals surface area contributed by atoms with Gasteiger partial charge < -0.3 is 4.90 Å². The molecule has 17 heavy (non-hydrogen) atoms. The second kappa shape index (κ2) is 4.33. The van der Waals surface area contributed by atoms with Crippen LogP contribution in [0.2, 0.25) is 0 Å². The summed E-state index contributed by atoms with van der Waals surface area (Å²) in [5.74, 6) is -0.871. The molecule has 1 aliphatic heterocycles. The topological polar surface area (TPSA) is 27.0 Å². The van der Waals surface area contributed by atoms with Crippen LogP contribution >= 0.6 is 0 Å². The molecule has 4 heteroatoms. The molecule has 2 atom stereocenters. The first-order chi connectivity index (χ1) is 8.02. The molecule has 1 aromatic carbocycles. The summed E-state index contributed by atoms with van der Waals surface area (Å²) in [6.45, 7) is 4.68. The standard InChI is InChI=1S/C13H14F2N2/c1-8-3-9(2)17(7-8)13-11(14)4-10(6-16)5-12(13)15/h4-5,8-9H,3,7H2,1-2H3. The fourth-order valence-corrected chi connectivity index (χ4v) is 2.52. The number of halogens is 2. The molecule has 1 aliphatic rings. The van der Waals surface area contributed by atoms with E-state index in [2.05, 4.69) is 6.92 Å². The lowest BCUT2D eigenvalue weighted by Crippen LogP contribution is -2.28. The van der Waals surface area contributed by atoms with E-state index >= 15 is 0 Å². The Balaban J connectivity index is 2.43. The van der Waals surface area contributed by atoms with Gasteiger partial charge in [-0.3, -0.25) is 0 Å². The van der Waals surface area contributed by atoms with Gasteiger partial charge in [-0.15, -0.1) is 0 Å². The van der Waals surface area contributed by atoms with Gasteiger partial charge in [-0.25, -0.2) is 8.78 Å². The minimum absolute atomic E-state index is 0.000787. The van der Waals surface area contributed by atoms with E-state index in [0.29, 0.717) is 12.5 Å². The molecule has 0 aromatic heterocycles. The fraction of sp³-hybridized carbons (Fsp3) is 0.462. The van der Waals surface area contributed by atoms with Crippen molar-refractivity contribution in [2.24, 2.45) is 5.92 Å². The number of hydrogen-bond acceptors (Lipinski definition) is 2. The normalized spacial score (nSPS) is 23.8. The lowest BCUT2D eigenvalue weighted by Gasteiger charge is -2.24. The Morgan fingerprint density at radius 2 is 1.88 bits per heavy atom. The summed E-state index contributed by atoms with van der Waals surface area (Å²) in [6, 6.07) is 4.06. The summed E-state index contributed by atoms with van der Waals surface area (Å²) < 4.78 is 27.6. The van der Waals surface area contributed by atoms with Crippen LogP contribution in [0.25, 0.3) is 0 Å². The van der Waals surface area contributed by atoms with Gasteiger partial charge >= 0.3 is 0 Å². The average Bonchev–Trinajstić information content (AvgIpc) is 2.57. The minimum atomic E-state index is -0.650. The third kappa shape index (κ3) is 2.10. The maximum Gasteiger partial charge on any atom is 0.150 e. The molecule has 0 aliphatic carbocycles. The van der Waals surface area contributed by atoms with Crippen LogP contribution in [0, 0.1) is 28.9 Å². The van der Waals surface area contributed by atoms with E-state index in [-0.39, 0.29) is 17.3 Å². The molecular weight excluding hydrogens is 222 g/mol. The Labute approximate surface area is 99.5 Å². The van der Waals surface area contributed by atoms with Crippen LogP contribution < -0.4 is 4.90 Å². The van der Waals surface area contributed by atoms with Gasteiger partial charge in [0.2, 0.25) is 0 Å². The second-order valence-corrected chi connectivity index (χ2v) is 4.74. The van der Waals surface area contributed by atoms with Gasteiger partial charge in [0.05, 0.1) is 11.6 Å². The van der Waals surface area contributed by atoms with Crippen LogP contribution in [-0.2, 0) is 0 Å². The van der Waals surface area contributed by atoms with Gasteiger partial charge in [-0.2, -0.15) is 5.26 Å². The molecule has 0 bridgehead atoms. The van der Waals surface area contributed by atoms with E-state index in [0.717, 1.165) is 18.6 Å². The van der Waals surface area contributed by atoms with Gasteiger partial charge in [-0.05, 0) is 31.4 Å². The number of anilines is 1. The average molecular weight is 236 g/mol. The molecule has 0 N–H and O–H groups in total. The van der Waals surface area contributed by atoms with Crippen LogP contribution in [0.1, 0.15) is 25.8 Å². The summed E-state index contributed by atoms with van der Waals surface area (Å²) in [5, 5.41) is 8.64. The van der Waals surface area contributed by atoms with Crippen LogP contribution in [0.5, 0.6) is 0 Å². The van der Waals surface area contributed by atoms with E-state index in [1.54, 1.807) is 11.0 Å². The highest BCUT2D eigenvalue weighted by atomic mass is 19.1. The van der Waals surface area contributed by atoms with Gasteiger partial charge in [0.15, 0.2) is 11.6 Å². The number of rotatable bonds is 1. The zero-order valence-corrected chi connectivity index (χ0v) is 9.87. The van der Waals surface area contributed by atoms with Crippen molar-refractivity contribution in [1.82, 2.24) is 0 Å². The molecule has 0 amide bonds. The molecule has 1 fully saturated rings. The number of hydrogen-bond donors (Lipinski definition) is 0. The highest BCUT2D eigenvalue weighted by molar-refractivity contribution is 5.54. The fourth-order valence-electron chi connectivity index (χ4n) is 2.52. The maximum absolute atomic E-state index is 13.8. The summed E-state index contributed by atoms with van der Waals surface area (Å²) >= 11 is 0. The van der Waals surface area contributed by atoms with E-state index in [9.17, 15) is 8.78 Å². The van der Waals surface area contributed by atoms with E-state index in [1.165, 1.54) is 0 Å². The molecule has 1 heterocycles. The monoisotopic (exact) mass is 236 g/mol. The predicted octanol–water partition coefficient (Wildman–Crippen LogP) is 3.07. The molecule has 0 radical (unpaired) electrons. The lowest BCUT2D eigenvalue weighted by molar-refractivity contribution is 0.567. The van der Waals surface area contributed by atoms with Crippen molar-refractivity contribution in [2.75, 3.05) is 11.4 Å². The molecule has 2 rings (SSSR count). The Hall–Kier alpha value is -1.63. The van der Waals surface area contributed by atoms with Crippen molar-refractivity contribution in [3.63, 3.8) is 0 Å². The van der Waals surface area contributed by atoms with Crippen LogP contribution in [-0.4, -0.2) is 12.6 Å². The molecule has 1 saturated heterocycles. The number of nitrogens with zero attached hydrogens (tertiary/aromatic N) is 2. The molecule has 2 unspecified atom stereocenters. The second-order valence-electron chi connectivity index (χ2n) is 4.74. The highest BCUT2D eigenvalue weighted by Gasteiger charge is 2.30. The van der Waals surface area contributed by atoms with E-state index in [1.807, 2.05) is 6.92 Å². The predicted molar refractivity (Wildman–Crippen MR) is 61.7 cm³/mol. The van der Waals surface area contributed by atoms with Crippen molar-refractivity contribution in [2.45, 2.75) is 26.3 Å². The van der Waals surface area contributed by atoms with Crippen molar-refractivity contribution >= 4 is 5.69 Å². The van der Waals surface area contributed by atoms with Gasteiger partial charge in [0.25, 0.3) is 0 Å². The van der Waals surface area contributed by atoms with Gasteiger partial charge in [0, 0.05) is 12.6 Å². The van der Waals surface area contributed by atoms with Crippen LogP contribution in [0.15, 0.2) is 12.1 Å². The van der Waals surface area contributed by atoms with E-state index < -0.39 is 11.6 Å². The molecule has 0 saturated carbocycles. The minimum Gasteiger partial charge on any atom is -0.364 e. The molecule has 0 spiro atoms. The molecule has 90 valence electrons. The first-order valence-electron chi connectivity index (χ1n) is 5.68. The Kier molecular flexibility index (Phi) is 3.01. The quantitative estimate of drug-likeness (QED) is 0.749. The summed E-state index contributed by atoms with van der Waals surface area (Å²) in [5.41, 5.74) is 0.0181. The van der Waals surface area contributed by atoms with Gasteiger partial charge in [-0.1, -0.05) is 6.92 Å². The van der Waals surface area contributed by atoms with Gasteiger partial charge in [0.1, 0.15) is 5.69 Å². The van der Waals surface area contributed by atoms with Crippen molar-refractivity contribution in [3.8, 4) is 6.07 Å². The largest absolute Gasteiger partial charge is 0.364 e. The summed E-state index contributed by atoms with van der Waals surface area (Å²) in [6.07, 6.45) is 0.929. The highest BCUT2D eigenvalue weighted by Crippen LogP contribution is 2.33. The molecular formula is C13H14F2N2. The van der Waals surface area contributed by atoms with Crippen molar-refractivity contribution in [1.29, 1.82) is 5.26 Å². The molecule has 1 aromatic rings. The summed E-state index contributed by atoms with van der Waals surface area (Å²) in [4.78, 5) is 1.75. The van der Waals surface area contributed by atoms with Crippen molar-refractivity contribution in [3.05, 3.63) is 29.3 Å². The Morgan fingerprint density at radius 3 is 2.29 bits per heavy atom. The third-order valence-corrected chi connectivity index (χ3v) is 3.22.